The molecule has 2 rings (SSSR count). The number of quaternary nitrogens is 1. The van der Waals surface area contributed by atoms with Crippen molar-refractivity contribution in [2.45, 2.75) is 13.3 Å². The summed E-state index contributed by atoms with van der Waals surface area (Å²) in [5, 5.41) is 2.26. The van der Waals surface area contributed by atoms with E-state index in [0.29, 0.717) is 13.2 Å². The van der Waals surface area contributed by atoms with E-state index in [0.717, 1.165) is 34.8 Å². The second-order valence-electron chi connectivity index (χ2n) is 6.17. The summed E-state index contributed by atoms with van der Waals surface area (Å²) in [6, 6.07) is 9.50. The third-order valence-electron chi connectivity index (χ3n) is 3.78. The van der Waals surface area contributed by atoms with Gasteiger partial charge in [-0.15, -0.1) is 0 Å². The zero-order valence-corrected chi connectivity index (χ0v) is 14.7. The molecule has 4 nitrogen and oxygen atoms in total. The summed E-state index contributed by atoms with van der Waals surface area (Å²) in [7, 11) is 1.81. The van der Waals surface area contributed by atoms with Gasteiger partial charge in [0.1, 0.15) is 5.75 Å². The van der Waals surface area contributed by atoms with Crippen LogP contribution in [0.2, 0.25) is 0 Å². The van der Waals surface area contributed by atoms with E-state index in [1.165, 1.54) is 0 Å². The van der Waals surface area contributed by atoms with Crippen molar-refractivity contribution in [3.8, 4) is 5.75 Å². The van der Waals surface area contributed by atoms with Crippen molar-refractivity contribution in [3.63, 3.8) is 0 Å². The summed E-state index contributed by atoms with van der Waals surface area (Å²) in [4.78, 5) is 12.8. The van der Waals surface area contributed by atoms with Gasteiger partial charge in [-0.1, -0.05) is 12.1 Å². The zero-order chi connectivity index (χ0) is 19.1. The number of hydrogen-bond acceptors (Lipinski definition) is 2. The second kappa shape index (κ2) is 9.24. The smallest absolute Gasteiger partial charge is 0.279 e. The monoisotopic (exact) mass is 367 g/mol. The first-order valence-electron chi connectivity index (χ1n) is 8.31. The molecule has 0 saturated carbocycles. The number of amides is 1. The molecule has 2 aromatic carbocycles. The largest absolute Gasteiger partial charge is 0.493 e. The Morgan fingerprint density at radius 2 is 1.92 bits per heavy atom. The highest BCUT2D eigenvalue weighted by molar-refractivity contribution is 5.91. The number of aryl methyl sites for hydroxylation is 1. The molecule has 0 bridgehead atoms. The fraction of sp³-hybridized carbons (Fsp3) is 0.316. The zero-order valence-electron chi connectivity index (χ0n) is 14.7. The lowest BCUT2D eigenvalue weighted by atomic mass is 10.2. The van der Waals surface area contributed by atoms with E-state index in [1.807, 2.05) is 38.2 Å². The molecule has 1 unspecified atom stereocenters. The Kier molecular flexibility index (Phi) is 7.03. The molecule has 140 valence electrons. The van der Waals surface area contributed by atoms with Crippen LogP contribution in [0.1, 0.15) is 12.0 Å². The first kappa shape index (κ1) is 19.8. The minimum Gasteiger partial charge on any atom is -0.493 e. The van der Waals surface area contributed by atoms with Gasteiger partial charge in [-0.05, 0) is 36.8 Å². The molecule has 2 aromatic rings. The van der Waals surface area contributed by atoms with E-state index in [-0.39, 0.29) is 12.2 Å². The third-order valence-corrected chi connectivity index (χ3v) is 3.78. The van der Waals surface area contributed by atoms with E-state index < -0.39 is 23.4 Å². The van der Waals surface area contributed by atoms with Crippen LogP contribution in [0, 0.1) is 24.4 Å². The molecule has 1 amide bonds. The molecule has 26 heavy (non-hydrogen) atoms. The normalized spacial score (nSPS) is 11.9. The highest BCUT2D eigenvalue weighted by atomic mass is 19.2. The van der Waals surface area contributed by atoms with Crippen LogP contribution in [0.15, 0.2) is 36.4 Å². The van der Waals surface area contributed by atoms with E-state index >= 15 is 0 Å². The molecule has 0 spiro atoms. The van der Waals surface area contributed by atoms with Gasteiger partial charge in [0.05, 0.1) is 25.9 Å². The predicted molar refractivity (Wildman–Crippen MR) is 92.9 cm³/mol. The van der Waals surface area contributed by atoms with Gasteiger partial charge in [-0.2, -0.15) is 0 Å². The Morgan fingerprint density at radius 3 is 2.65 bits per heavy atom. The van der Waals surface area contributed by atoms with Gasteiger partial charge in [0, 0.05) is 6.42 Å². The van der Waals surface area contributed by atoms with Gasteiger partial charge >= 0.3 is 0 Å². The average molecular weight is 367 g/mol. The van der Waals surface area contributed by atoms with Crippen molar-refractivity contribution < 1.29 is 27.6 Å². The quantitative estimate of drug-likeness (QED) is 0.556. The number of anilines is 1. The molecule has 0 aromatic heterocycles. The van der Waals surface area contributed by atoms with Crippen molar-refractivity contribution >= 4 is 11.6 Å². The fourth-order valence-electron chi connectivity index (χ4n) is 2.45. The number of benzene rings is 2. The van der Waals surface area contributed by atoms with Crippen LogP contribution in [0.4, 0.5) is 18.9 Å². The number of nitrogens with one attached hydrogen (secondary N) is 2. The Labute approximate surface area is 150 Å². The van der Waals surface area contributed by atoms with E-state index in [9.17, 15) is 18.0 Å². The number of carbonyl (C=O) groups excluding carboxylic acids is 1. The lowest BCUT2D eigenvalue weighted by Crippen LogP contribution is -3.10. The standard InChI is InChI=1S/C19H21F3N2O2/c1-13-5-3-6-14(11-13)26-10-4-9-24(2)12-17(25)23-16-8-7-15(20)18(21)19(16)22/h3,5-8,11H,4,9-10,12H2,1-2H3,(H,23,25)/p+1. The van der Waals surface area contributed by atoms with Crippen LogP contribution < -0.4 is 15.0 Å². The third kappa shape index (κ3) is 5.77. The van der Waals surface area contributed by atoms with Gasteiger partial charge in [-0.3, -0.25) is 4.79 Å². The predicted octanol–water partition coefficient (Wildman–Crippen LogP) is 2.33. The molecule has 0 saturated heterocycles. The summed E-state index contributed by atoms with van der Waals surface area (Å²) in [6.07, 6.45) is 0.729. The Bertz CT molecular complexity index is 768. The van der Waals surface area contributed by atoms with Crippen molar-refractivity contribution in [2.24, 2.45) is 0 Å². The number of likely N-dealkylation sites (N-methyl/N-ethyl adjacent to an activating group) is 1. The summed E-state index contributed by atoms with van der Waals surface area (Å²) >= 11 is 0. The molecule has 7 heteroatoms. The maximum atomic E-state index is 13.5. The number of ether oxygens (including phenoxy) is 1. The molecule has 0 aliphatic heterocycles. The highest BCUT2D eigenvalue weighted by Gasteiger charge is 2.17. The molecule has 0 aliphatic carbocycles. The minimum atomic E-state index is -1.60. The van der Waals surface area contributed by atoms with Crippen molar-refractivity contribution in [3.05, 3.63) is 59.4 Å². The summed E-state index contributed by atoms with van der Waals surface area (Å²) in [6.45, 7) is 3.24. The van der Waals surface area contributed by atoms with E-state index in [4.69, 9.17) is 4.74 Å². The molecule has 0 radical (unpaired) electrons. The Balaban J connectivity index is 1.73. The summed E-state index contributed by atoms with van der Waals surface area (Å²) in [5.74, 6) is -3.97. The first-order valence-corrected chi connectivity index (χ1v) is 8.31. The average Bonchev–Trinajstić information content (AvgIpc) is 2.59. The molecule has 0 fully saturated rings. The fourth-order valence-corrected chi connectivity index (χ4v) is 2.45. The summed E-state index contributed by atoms with van der Waals surface area (Å²) < 4.78 is 45.2. The highest BCUT2D eigenvalue weighted by Crippen LogP contribution is 2.19. The summed E-state index contributed by atoms with van der Waals surface area (Å²) in [5.41, 5.74) is 0.746. The van der Waals surface area contributed by atoms with Gasteiger partial charge in [0.2, 0.25) is 0 Å². The first-order chi connectivity index (χ1) is 12.4. The Hall–Kier alpha value is -2.54. The van der Waals surface area contributed by atoms with Gasteiger partial charge in [0.25, 0.3) is 5.91 Å². The van der Waals surface area contributed by atoms with Crippen molar-refractivity contribution in [1.29, 1.82) is 0 Å². The molecule has 0 aliphatic rings. The SMILES string of the molecule is Cc1cccc(OCCC[NH+](C)CC(=O)Nc2ccc(F)c(F)c2F)c1. The van der Waals surface area contributed by atoms with Crippen molar-refractivity contribution in [2.75, 3.05) is 32.1 Å². The molecule has 2 N–H and O–H groups in total. The van der Waals surface area contributed by atoms with Crippen LogP contribution in [0.25, 0.3) is 0 Å². The van der Waals surface area contributed by atoms with Crippen LogP contribution in [-0.4, -0.2) is 32.7 Å². The number of halogens is 3. The van der Waals surface area contributed by atoms with Crippen LogP contribution in [0.3, 0.4) is 0 Å². The van der Waals surface area contributed by atoms with Gasteiger partial charge in [0.15, 0.2) is 24.0 Å². The molecular formula is C19H22F3N2O2+. The maximum Gasteiger partial charge on any atom is 0.279 e. The van der Waals surface area contributed by atoms with Gasteiger partial charge in [-0.25, -0.2) is 13.2 Å². The molecular weight excluding hydrogens is 345 g/mol. The minimum absolute atomic E-state index is 0.0723. The lowest BCUT2D eigenvalue weighted by molar-refractivity contribution is -0.871. The number of hydrogen-bond donors (Lipinski definition) is 2. The Morgan fingerprint density at radius 1 is 1.15 bits per heavy atom. The second-order valence-corrected chi connectivity index (χ2v) is 6.17. The molecule has 0 heterocycles. The maximum absolute atomic E-state index is 13.5. The van der Waals surface area contributed by atoms with Crippen LogP contribution in [-0.2, 0) is 4.79 Å². The number of carbonyl (C=O) groups is 1. The molecule has 1 atom stereocenters. The topological polar surface area (TPSA) is 42.8 Å². The van der Waals surface area contributed by atoms with Gasteiger partial charge < -0.3 is 15.0 Å². The van der Waals surface area contributed by atoms with Crippen molar-refractivity contribution in [1.82, 2.24) is 0 Å². The lowest BCUT2D eigenvalue weighted by Gasteiger charge is -2.14. The van der Waals surface area contributed by atoms with Crippen LogP contribution in [0.5, 0.6) is 5.75 Å². The van der Waals surface area contributed by atoms with E-state index in [1.54, 1.807) is 0 Å². The van der Waals surface area contributed by atoms with E-state index in [2.05, 4.69) is 5.32 Å². The van der Waals surface area contributed by atoms with Crippen LogP contribution >= 0.6 is 0 Å². The number of rotatable bonds is 8.